The van der Waals surface area contributed by atoms with Crippen molar-refractivity contribution in [3.8, 4) is 0 Å². The minimum absolute atomic E-state index is 0.419. The minimum Gasteiger partial charge on any atom is -0.383 e. The number of anilines is 1. The quantitative estimate of drug-likeness (QED) is 0.678. The molecule has 3 rings (SSSR count). The number of amides is 1. The Morgan fingerprint density at radius 3 is 2.88 bits per heavy atom. The Bertz CT molecular complexity index is 750. The predicted octanol–water partition coefficient (Wildman–Crippen LogP) is 1.53. The third kappa shape index (κ3) is 1.42. The van der Waals surface area contributed by atoms with Crippen LogP contribution in [-0.4, -0.2) is 15.9 Å². The summed E-state index contributed by atoms with van der Waals surface area (Å²) in [6.45, 7) is 0. The fraction of sp³-hybridized carbons (Fsp3) is 0. The van der Waals surface area contributed by atoms with Gasteiger partial charge >= 0.3 is 0 Å². The van der Waals surface area contributed by atoms with Crippen LogP contribution in [0.2, 0.25) is 0 Å². The summed E-state index contributed by atoms with van der Waals surface area (Å²) >= 11 is 1.51. The monoisotopic (exact) mass is 244 g/mol. The number of thiophene rings is 1. The molecule has 3 aromatic rings. The highest BCUT2D eigenvalue weighted by Gasteiger charge is 2.11. The topological polar surface area (TPSA) is 94.9 Å². The fourth-order valence-electron chi connectivity index (χ4n) is 1.78. The second-order valence-electron chi connectivity index (χ2n) is 3.62. The number of hydrogen-bond acceptors (Lipinski definition) is 5. The number of carbonyl (C=O) groups excluding carboxylic acids is 1. The summed E-state index contributed by atoms with van der Waals surface area (Å²) in [6, 6.07) is 5.28. The number of nitrogens with zero attached hydrogens (tertiary/aromatic N) is 2. The first-order valence-electron chi connectivity index (χ1n) is 4.89. The van der Waals surface area contributed by atoms with Crippen molar-refractivity contribution in [2.75, 3.05) is 5.73 Å². The zero-order valence-corrected chi connectivity index (χ0v) is 9.49. The standard InChI is InChI=1S/C11H8N4OS/c12-9-8-6-3-5(10(13)16)1-2-7(6)17-11(8)15-4-14-9/h1-4H,(H2,13,16)(H2,12,14,15). The van der Waals surface area contributed by atoms with Gasteiger partial charge < -0.3 is 11.5 Å². The van der Waals surface area contributed by atoms with Crippen molar-refractivity contribution < 1.29 is 4.79 Å². The molecule has 1 aromatic carbocycles. The van der Waals surface area contributed by atoms with E-state index in [2.05, 4.69) is 9.97 Å². The Morgan fingerprint density at radius 1 is 1.29 bits per heavy atom. The van der Waals surface area contributed by atoms with E-state index in [1.807, 2.05) is 6.07 Å². The van der Waals surface area contributed by atoms with Crippen LogP contribution in [0.1, 0.15) is 10.4 Å². The maximum atomic E-state index is 11.2. The highest BCUT2D eigenvalue weighted by molar-refractivity contribution is 7.25. The number of carbonyl (C=O) groups is 1. The van der Waals surface area contributed by atoms with Gasteiger partial charge in [-0.05, 0) is 18.2 Å². The Balaban J connectivity index is 2.48. The molecule has 84 valence electrons. The third-order valence-electron chi connectivity index (χ3n) is 2.58. The van der Waals surface area contributed by atoms with Gasteiger partial charge in [0.1, 0.15) is 17.0 Å². The third-order valence-corrected chi connectivity index (χ3v) is 3.66. The average Bonchev–Trinajstić information content (AvgIpc) is 2.67. The Morgan fingerprint density at radius 2 is 2.12 bits per heavy atom. The summed E-state index contributed by atoms with van der Waals surface area (Å²) in [5, 5.41) is 1.66. The van der Waals surface area contributed by atoms with E-state index in [4.69, 9.17) is 11.5 Å². The van der Waals surface area contributed by atoms with E-state index in [0.717, 1.165) is 20.3 Å². The molecule has 2 heterocycles. The second kappa shape index (κ2) is 3.39. The Labute approximate surface area is 100 Å². The van der Waals surface area contributed by atoms with Crippen molar-refractivity contribution in [3.05, 3.63) is 30.1 Å². The lowest BCUT2D eigenvalue weighted by molar-refractivity contribution is 0.100. The van der Waals surface area contributed by atoms with E-state index in [-0.39, 0.29) is 0 Å². The Kier molecular flexibility index (Phi) is 1.99. The lowest BCUT2D eigenvalue weighted by Crippen LogP contribution is -2.10. The first-order chi connectivity index (χ1) is 8.16. The van der Waals surface area contributed by atoms with E-state index in [9.17, 15) is 4.79 Å². The van der Waals surface area contributed by atoms with Gasteiger partial charge in [-0.2, -0.15) is 0 Å². The molecule has 1 amide bonds. The molecule has 2 aromatic heterocycles. The zero-order chi connectivity index (χ0) is 12.0. The highest BCUT2D eigenvalue weighted by Crippen LogP contribution is 2.35. The molecule has 6 heteroatoms. The molecule has 0 saturated carbocycles. The number of hydrogen-bond donors (Lipinski definition) is 2. The number of benzene rings is 1. The van der Waals surface area contributed by atoms with Gasteiger partial charge in [-0.25, -0.2) is 9.97 Å². The smallest absolute Gasteiger partial charge is 0.248 e. The average molecular weight is 244 g/mol. The molecule has 0 aliphatic carbocycles. The maximum Gasteiger partial charge on any atom is 0.248 e. The van der Waals surface area contributed by atoms with Gasteiger partial charge in [0.15, 0.2) is 0 Å². The van der Waals surface area contributed by atoms with Crippen LogP contribution >= 0.6 is 11.3 Å². The first kappa shape index (κ1) is 9.98. The van der Waals surface area contributed by atoms with Crippen molar-refractivity contribution in [2.45, 2.75) is 0 Å². The normalized spacial score (nSPS) is 11.1. The van der Waals surface area contributed by atoms with Crippen molar-refractivity contribution >= 4 is 43.4 Å². The number of fused-ring (bicyclic) bond motifs is 3. The SMILES string of the molecule is NC(=O)c1ccc2sc3ncnc(N)c3c2c1. The van der Waals surface area contributed by atoms with Crippen LogP contribution in [0.4, 0.5) is 5.82 Å². The molecular weight excluding hydrogens is 236 g/mol. The number of aromatic nitrogens is 2. The van der Waals surface area contributed by atoms with E-state index in [1.54, 1.807) is 12.1 Å². The van der Waals surface area contributed by atoms with Crippen molar-refractivity contribution in [2.24, 2.45) is 5.73 Å². The lowest BCUT2D eigenvalue weighted by Gasteiger charge is -1.97. The molecule has 0 atom stereocenters. The van der Waals surface area contributed by atoms with Gasteiger partial charge in [-0.15, -0.1) is 11.3 Å². The minimum atomic E-state index is -0.457. The zero-order valence-electron chi connectivity index (χ0n) is 8.68. The molecule has 0 spiro atoms. The summed E-state index contributed by atoms with van der Waals surface area (Å²) in [6.07, 6.45) is 1.43. The van der Waals surface area contributed by atoms with Crippen LogP contribution in [0.15, 0.2) is 24.5 Å². The van der Waals surface area contributed by atoms with Crippen molar-refractivity contribution in [1.82, 2.24) is 9.97 Å². The van der Waals surface area contributed by atoms with Crippen LogP contribution in [0.3, 0.4) is 0 Å². The second-order valence-corrected chi connectivity index (χ2v) is 4.65. The van der Waals surface area contributed by atoms with Crippen LogP contribution in [0.5, 0.6) is 0 Å². The summed E-state index contributed by atoms with van der Waals surface area (Å²) < 4.78 is 1.01. The van der Waals surface area contributed by atoms with Crippen LogP contribution in [-0.2, 0) is 0 Å². The van der Waals surface area contributed by atoms with E-state index in [1.165, 1.54) is 17.7 Å². The summed E-state index contributed by atoms with van der Waals surface area (Å²) in [5.41, 5.74) is 11.5. The fourth-order valence-corrected chi connectivity index (χ4v) is 2.82. The van der Waals surface area contributed by atoms with Crippen LogP contribution < -0.4 is 11.5 Å². The molecule has 5 nitrogen and oxygen atoms in total. The first-order valence-corrected chi connectivity index (χ1v) is 5.71. The predicted molar refractivity (Wildman–Crippen MR) is 67.9 cm³/mol. The van der Waals surface area contributed by atoms with E-state index < -0.39 is 5.91 Å². The summed E-state index contributed by atoms with van der Waals surface area (Å²) in [4.78, 5) is 20.1. The van der Waals surface area contributed by atoms with E-state index in [0.29, 0.717) is 11.4 Å². The number of nitrogen functional groups attached to an aromatic ring is 1. The van der Waals surface area contributed by atoms with Crippen molar-refractivity contribution in [1.29, 1.82) is 0 Å². The molecule has 0 aliphatic rings. The van der Waals surface area contributed by atoms with Gasteiger partial charge in [0.25, 0.3) is 0 Å². The van der Waals surface area contributed by atoms with Crippen molar-refractivity contribution in [3.63, 3.8) is 0 Å². The summed E-state index contributed by atoms with van der Waals surface area (Å²) in [5.74, 6) is -0.0375. The molecule has 17 heavy (non-hydrogen) atoms. The van der Waals surface area contributed by atoms with Crippen LogP contribution in [0.25, 0.3) is 20.3 Å². The largest absolute Gasteiger partial charge is 0.383 e. The molecule has 0 bridgehead atoms. The van der Waals surface area contributed by atoms with Gasteiger partial charge in [0.05, 0.1) is 5.39 Å². The number of rotatable bonds is 1. The summed E-state index contributed by atoms with van der Waals surface area (Å²) in [7, 11) is 0. The van der Waals surface area contributed by atoms with Gasteiger partial charge in [-0.1, -0.05) is 0 Å². The van der Waals surface area contributed by atoms with Gasteiger partial charge in [-0.3, -0.25) is 4.79 Å². The van der Waals surface area contributed by atoms with Crippen LogP contribution in [0, 0.1) is 0 Å². The Hall–Kier alpha value is -2.21. The van der Waals surface area contributed by atoms with E-state index >= 15 is 0 Å². The lowest BCUT2D eigenvalue weighted by atomic mass is 10.1. The molecule has 4 N–H and O–H groups in total. The molecule has 0 fully saturated rings. The van der Waals surface area contributed by atoms with Gasteiger partial charge in [0, 0.05) is 15.6 Å². The number of nitrogens with two attached hydrogens (primary N) is 2. The molecule has 0 aliphatic heterocycles. The van der Waals surface area contributed by atoms with Gasteiger partial charge in [0.2, 0.25) is 5.91 Å². The molecule has 0 saturated heterocycles. The molecule has 0 unspecified atom stereocenters. The molecule has 0 radical (unpaired) electrons. The molecular formula is C11H8N4OS. The number of primary amides is 1. The maximum absolute atomic E-state index is 11.2. The highest BCUT2D eigenvalue weighted by atomic mass is 32.1.